The maximum Gasteiger partial charge on any atom is 0.251 e. The zero-order valence-corrected chi connectivity index (χ0v) is 7.64. The first-order chi connectivity index (χ1) is 6.24. The molecule has 0 aliphatic rings. The normalized spacial score (nSPS) is 9.69. The molecule has 0 aliphatic heterocycles. The fourth-order valence-corrected chi connectivity index (χ4v) is 0.987. The average molecular weight is 202 g/mol. The molecule has 0 bridgehead atoms. The third-order valence-corrected chi connectivity index (χ3v) is 1.66. The molecule has 1 amide bonds. The minimum Gasteiger partial charge on any atom is -0.351 e. The Morgan fingerprint density at radius 1 is 1.54 bits per heavy atom. The third-order valence-electron chi connectivity index (χ3n) is 1.47. The monoisotopic (exact) mass is 201 g/mol. The summed E-state index contributed by atoms with van der Waals surface area (Å²) < 4.78 is 12.6. The minimum atomic E-state index is -0.418. The first-order valence-corrected chi connectivity index (χ1v) is 4.37. The third kappa shape index (κ3) is 3.03. The largest absolute Gasteiger partial charge is 0.351 e. The molecule has 0 unspecified atom stereocenters. The summed E-state index contributed by atoms with van der Waals surface area (Å²) in [5.41, 5.74) is 0.310. The number of hydrogen-bond acceptors (Lipinski definition) is 1. The van der Waals surface area contributed by atoms with Crippen molar-refractivity contribution in [2.24, 2.45) is 0 Å². The number of hydrogen-bond donors (Lipinski definition) is 1. The van der Waals surface area contributed by atoms with Crippen LogP contribution in [0.2, 0.25) is 0 Å². The molecule has 2 nitrogen and oxygen atoms in total. The number of rotatable bonds is 3. The Morgan fingerprint density at radius 3 is 2.92 bits per heavy atom. The number of amides is 1. The molecule has 1 aromatic rings. The lowest BCUT2D eigenvalue weighted by Gasteiger charge is -2.01. The maximum absolute atomic E-state index is 12.6. The topological polar surface area (TPSA) is 29.1 Å². The Kier molecular flexibility index (Phi) is 3.71. The average Bonchev–Trinajstić information content (AvgIpc) is 2.14. The van der Waals surface area contributed by atoms with Crippen molar-refractivity contribution in [3.8, 4) is 0 Å². The summed E-state index contributed by atoms with van der Waals surface area (Å²) in [6, 6.07) is 5.51. The summed E-state index contributed by atoms with van der Waals surface area (Å²) in [6.45, 7) is 0.386. The first-order valence-electron chi connectivity index (χ1n) is 3.84. The van der Waals surface area contributed by atoms with E-state index in [-0.39, 0.29) is 5.91 Å². The van der Waals surface area contributed by atoms with Crippen LogP contribution in [0.4, 0.5) is 4.39 Å². The summed E-state index contributed by atoms with van der Waals surface area (Å²) in [7, 11) is 0. The predicted octanol–water partition coefficient (Wildman–Crippen LogP) is 1.79. The van der Waals surface area contributed by atoms with Crippen molar-refractivity contribution in [2.75, 3.05) is 12.4 Å². The van der Waals surface area contributed by atoms with Gasteiger partial charge in [0.05, 0.1) is 0 Å². The van der Waals surface area contributed by atoms with E-state index < -0.39 is 5.82 Å². The number of benzene rings is 1. The van der Waals surface area contributed by atoms with E-state index >= 15 is 0 Å². The Balaban J connectivity index is 2.66. The van der Waals surface area contributed by atoms with Crippen molar-refractivity contribution in [3.05, 3.63) is 35.6 Å². The van der Waals surface area contributed by atoms with Crippen LogP contribution in [0.1, 0.15) is 10.4 Å². The summed E-state index contributed by atoms with van der Waals surface area (Å²) in [4.78, 5) is 11.2. The predicted molar refractivity (Wildman–Crippen MR) is 49.5 cm³/mol. The van der Waals surface area contributed by atoms with Gasteiger partial charge in [-0.05, 0) is 18.2 Å². The smallest absolute Gasteiger partial charge is 0.251 e. The van der Waals surface area contributed by atoms with Gasteiger partial charge in [0.2, 0.25) is 0 Å². The second kappa shape index (κ2) is 4.82. The van der Waals surface area contributed by atoms with Crippen molar-refractivity contribution < 1.29 is 9.18 Å². The maximum atomic E-state index is 12.6. The lowest BCUT2D eigenvalue weighted by atomic mass is 10.2. The Labute approximate surface area is 80.7 Å². The van der Waals surface area contributed by atoms with Gasteiger partial charge in [-0.1, -0.05) is 6.07 Å². The number of halogens is 2. The summed E-state index contributed by atoms with van der Waals surface area (Å²) in [5.74, 6) is -0.375. The molecular formula is C9H9ClFNO. The van der Waals surface area contributed by atoms with Crippen molar-refractivity contribution in [3.63, 3.8) is 0 Å². The van der Waals surface area contributed by atoms with Crippen LogP contribution in [0.15, 0.2) is 24.3 Å². The highest BCUT2D eigenvalue weighted by Crippen LogP contribution is 2.02. The van der Waals surface area contributed by atoms with Crippen LogP contribution in [-0.4, -0.2) is 18.3 Å². The molecular weight excluding hydrogens is 193 g/mol. The summed E-state index contributed by atoms with van der Waals surface area (Å²) in [5, 5.41) is 2.54. The quantitative estimate of drug-likeness (QED) is 0.743. The molecule has 0 aromatic heterocycles. The lowest BCUT2D eigenvalue weighted by molar-refractivity contribution is 0.0955. The zero-order chi connectivity index (χ0) is 9.68. The number of alkyl halides is 1. The van der Waals surface area contributed by atoms with Crippen molar-refractivity contribution in [1.82, 2.24) is 5.32 Å². The van der Waals surface area contributed by atoms with Crippen LogP contribution >= 0.6 is 11.6 Å². The van der Waals surface area contributed by atoms with Gasteiger partial charge in [-0.3, -0.25) is 4.79 Å². The molecule has 1 N–H and O–H groups in total. The minimum absolute atomic E-state index is 0.305. The van der Waals surface area contributed by atoms with E-state index in [1.54, 1.807) is 6.07 Å². The van der Waals surface area contributed by atoms with Crippen LogP contribution in [-0.2, 0) is 0 Å². The molecule has 0 saturated heterocycles. The number of carbonyl (C=O) groups excluding carboxylic acids is 1. The zero-order valence-electron chi connectivity index (χ0n) is 6.89. The van der Waals surface area contributed by atoms with Gasteiger partial charge in [0.25, 0.3) is 5.91 Å². The van der Waals surface area contributed by atoms with Gasteiger partial charge >= 0.3 is 0 Å². The second-order valence-electron chi connectivity index (χ2n) is 2.46. The fraction of sp³-hybridized carbons (Fsp3) is 0.222. The fourth-order valence-electron chi connectivity index (χ4n) is 0.893. The van der Waals surface area contributed by atoms with Crippen LogP contribution in [0, 0.1) is 5.82 Å². The highest BCUT2D eigenvalue weighted by atomic mass is 35.5. The van der Waals surface area contributed by atoms with E-state index in [2.05, 4.69) is 5.32 Å². The molecule has 4 heteroatoms. The number of nitrogens with one attached hydrogen (secondary N) is 1. The van der Waals surface area contributed by atoms with Crippen LogP contribution in [0.25, 0.3) is 0 Å². The van der Waals surface area contributed by atoms with E-state index in [9.17, 15) is 9.18 Å². The molecule has 70 valence electrons. The van der Waals surface area contributed by atoms with Crippen molar-refractivity contribution in [2.45, 2.75) is 0 Å². The highest BCUT2D eigenvalue weighted by molar-refractivity contribution is 6.18. The molecule has 0 saturated carbocycles. The van der Waals surface area contributed by atoms with Crippen LogP contribution < -0.4 is 5.32 Å². The van der Waals surface area contributed by atoms with Gasteiger partial charge in [0.15, 0.2) is 0 Å². The molecule has 0 spiro atoms. The van der Waals surface area contributed by atoms with Gasteiger partial charge in [-0.15, -0.1) is 11.6 Å². The van der Waals surface area contributed by atoms with Gasteiger partial charge in [-0.2, -0.15) is 0 Å². The van der Waals surface area contributed by atoms with E-state index in [1.165, 1.54) is 18.2 Å². The summed E-state index contributed by atoms with van der Waals surface area (Å²) >= 11 is 5.38. The van der Waals surface area contributed by atoms with E-state index in [0.29, 0.717) is 18.0 Å². The second-order valence-corrected chi connectivity index (χ2v) is 2.83. The Morgan fingerprint density at radius 2 is 2.31 bits per heavy atom. The molecule has 0 aliphatic carbocycles. The van der Waals surface area contributed by atoms with Gasteiger partial charge < -0.3 is 5.32 Å². The first kappa shape index (κ1) is 9.99. The lowest BCUT2D eigenvalue weighted by Crippen LogP contribution is -2.25. The van der Waals surface area contributed by atoms with Gasteiger partial charge in [0.1, 0.15) is 5.82 Å². The van der Waals surface area contributed by atoms with E-state index in [4.69, 9.17) is 11.6 Å². The van der Waals surface area contributed by atoms with Gasteiger partial charge in [-0.25, -0.2) is 4.39 Å². The standard InChI is InChI=1S/C9H9ClFNO/c10-4-5-12-9(13)7-2-1-3-8(11)6-7/h1-3,6H,4-5H2,(H,12,13). The van der Waals surface area contributed by atoms with E-state index in [1.807, 2.05) is 0 Å². The molecule has 0 radical (unpaired) electrons. The molecule has 0 atom stereocenters. The van der Waals surface area contributed by atoms with Gasteiger partial charge in [0, 0.05) is 18.0 Å². The van der Waals surface area contributed by atoms with Crippen LogP contribution in [0.5, 0.6) is 0 Å². The molecule has 0 heterocycles. The Hall–Kier alpha value is -1.09. The number of carbonyl (C=O) groups is 1. The Bertz CT molecular complexity index is 303. The van der Waals surface area contributed by atoms with Crippen molar-refractivity contribution >= 4 is 17.5 Å². The molecule has 1 rings (SSSR count). The summed E-state index contributed by atoms with van der Waals surface area (Å²) in [6.07, 6.45) is 0. The SMILES string of the molecule is O=C(NCCCl)c1cccc(F)c1. The highest BCUT2D eigenvalue weighted by Gasteiger charge is 2.04. The van der Waals surface area contributed by atoms with Crippen LogP contribution in [0.3, 0.4) is 0 Å². The molecule has 13 heavy (non-hydrogen) atoms. The molecule has 0 fully saturated rings. The van der Waals surface area contributed by atoms with E-state index in [0.717, 1.165) is 0 Å². The van der Waals surface area contributed by atoms with Crippen molar-refractivity contribution in [1.29, 1.82) is 0 Å². The molecule has 1 aromatic carbocycles.